The fourth-order valence-electron chi connectivity index (χ4n) is 3.97. The summed E-state index contributed by atoms with van der Waals surface area (Å²) < 4.78 is 32.4. The van der Waals surface area contributed by atoms with E-state index in [1.165, 1.54) is 26.2 Å². The molecule has 8 nitrogen and oxygen atoms in total. The van der Waals surface area contributed by atoms with Gasteiger partial charge < -0.3 is 15.0 Å². The smallest absolute Gasteiger partial charge is 0.240 e. The number of fused-ring (bicyclic) bond motifs is 1. The van der Waals surface area contributed by atoms with E-state index < -0.39 is 10.0 Å². The highest BCUT2D eigenvalue weighted by Crippen LogP contribution is 2.32. The van der Waals surface area contributed by atoms with Gasteiger partial charge >= 0.3 is 0 Å². The second-order valence-electron chi connectivity index (χ2n) is 7.93. The minimum atomic E-state index is -3.69. The molecule has 2 unspecified atom stereocenters. The predicted molar refractivity (Wildman–Crippen MR) is 122 cm³/mol. The van der Waals surface area contributed by atoms with E-state index in [0.29, 0.717) is 12.2 Å². The summed E-state index contributed by atoms with van der Waals surface area (Å²) in [6, 6.07) is 13.1. The molecule has 0 fully saturated rings. The van der Waals surface area contributed by atoms with E-state index in [2.05, 4.69) is 10.0 Å². The van der Waals surface area contributed by atoms with Gasteiger partial charge in [0.05, 0.1) is 24.0 Å². The first kappa shape index (κ1) is 23.9. The zero-order valence-electron chi connectivity index (χ0n) is 18.5. The van der Waals surface area contributed by atoms with Crippen LogP contribution in [0, 0.1) is 0 Å². The lowest BCUT2D eigenvalue weighted by Gasteiger charge is -2.36. The topological polar surface area (TPSA) is 105 Å². The Morgan fingerprint density at radius 2 is 1.84 bits per heavy atom. The van der Waals surface area contributed by atoms with Gasteiger partial charge in [-0.15, -0.1) is 0 Å². The molecule has 3 rings (SSSR count). The molecule has 0 saturated heterocycles. The molecule has 0 spiro atoms. The Bertz CT molecular complexity index is 1070. The summed E-state index contributed by atoms with van der Waals surface area (Å²) in [6.07, 6.45) is 0.883. The Morgan fingerprint density at radius 1 is 1.16 bits per heavy atom. The van der Waals surface area contributed by atoms with Gasteiger partial charge in [0.15, 0.2) is 0 Å². The van der Waals surface area contributed by atoms with Crippen molar-refractivity contribution >= 4 is 27.5 Å². The van der Waals surface area contributed by atoms with Crippen molar-refractivity contribution in [3.63, 3.8) is 0 Å². The number of carbonyl (C=O) groups excluding carboxylic acids is 2. The molecule has 32 heavy (non-hydrogen) atoms. The van der Waals surface area contributed by atoms with Crippen LogP contribution in [-0.4, -0.2) is 51.4 Å². The van der Waals surface area contributed by atoms with Gasteiger partial charge in [0.1, 0.15) is 0 Å². The van der Waals surface area contributed by atoms with Crippen molar-refractivity contribution in [2.75, 3.05) is 25.6 Å². The fraction of sp³-hybridized carbons (Fsp3) is 0.391. The van der Waals surface area contributed by atoms with E-state index >= 15 is 0 Å². The first-order valence-corrected chi connectivity index (χ1v) is 12.0. The molecular formula is C23H29N3O5S. The van der Waals surface area contributed by atoms with Crippen molar-refractivity contribution in [1.29, 1.82) is 0 Å². The van der Waals surface area contributed by atoms with E-state index in [1.807, 2.05) is 24.3 Å². The van der Waals surface area contributed by atoms with Gasteiger partial charge in [0.2, 0.25) is 21.8 Å². The standard InChI is InChI=1S/C23H29N3O5S/c1-16(15-31-3)25-32(29,30)20-10-8-19(9-11-20)24-23(28)14-22-21-7-5-4-6-18(21)12-13-26(22)17(2)27/h4-11,16,22,25H,12-15H2,1-3H3,(H,24,28). The minimum Gasteiger partial charge on any atom is -0.383 e. The summed E-state index contributed by atoms with van der Waals surface area (Å²) in [7, 11) is -2.18. The molecule has 0 bridgehead atoms. The summed E-state index contributed by atoms with van der Waals surface area (Å²) in [6.45, 7) is 4.06. The second kappa shape index (κ2) is 10.2. The molecule has 0 radical (unpaired) electrons. The minimum absolute atomic E-state index is 0.0675. The largest absolute Gasteiger partial charge is 0.383 e. The van der Waals surface area contributed by atoms with Gasteiger partial charge in [0, 0.05) is 32.3 Å². The second-order valence-corrected chi connectivity index (χ2v) is 9.65. The maximum Gasteiger partial charge on any atom is 0.240 e. The highest BCUT2D eigenvalue weighted by Gasteiger charge is 2.30. The quantitative estimate of drug-likeness (QED) is 0.631. The number of anilines is 1. The molecule has 2 aromatic rings. The van der Waals surface area contributed by atoms with Crippen LogP contribution < -0.4 is 10.0 Å². The van der Waals surface area contributed by atoms with E-state index in [-0.39, 0.29) is 41.8 Å². The molecule has 1 heterocycles. The summed E-state index contributed by atoms with van der Waals surface area (Å²) in [4.78, 5) is 26.7. The van der Waals surface area contributed by atoms with Crippen LogP contribution in [0.15, 0.2) is 53.4 Å². The van der Waals surface area contributed by atoms with Crippen LogP contribution in [0.3, 0.4) is 0 Å². The normalized spacial score (nSPS) is 16.8. The van der Waals surface area contributed by atoms with Crippen LogP contribution in [-0.2, 0) is 30.8 Å². The lowest BCUT2D eigenvalue weighted by molar-refractivity contribution is -0.132. The zero-order valence-corrected chi connectivity index (χ0v) is 19.3. The van der Waals surface area contributed by atoms with Crippen LogP contribution in [0.1, 0.15) is 37.4 Å². The van der Waals surface area contributed by atoms with Gasteiger partial charge in [0.25, 0.3) is 0 Å². The van der Waals surface area contributed by atoms with Crippen molar-refractivity contribution in [1.82, 2.24) is 9.62 Å². The van der Waals surface area contributed by atoms with Gasteiger partial charge in [-0.25, -0.2) is 13.1 Å². The molecule has 1 aliphatic rings. The van der Waals surface area contributed by atoms with Gasteiger partial charge in [-0.1, -0.05) is 24.3 Å². The van der Waals surface area contributed by atoms with Crippen molar-refractivity contribution < 1.29 is 22.7 Å². The number of rotatable bonds is 8. The number of hydrogen-bond acceptors (Lipinski definition) is 5. The summed E-state index contributed by atoms with van der Waals surface area (Å²) in [5.41, 5.74) is 2.62. The van der Waals surface area contributed by atoms with E-state index in [1.54, 1.807) is 24.0 Å². The third-order valence-electron chi connectivity index (χ3n) is 5.42. The molecule has 0 aromatic heterocycles. The lowest BCUT2D eigenvalue weighted by Crippen LogP contribution is -2.40. The Kier molecular flexibility index (Phi) is 7.65. The third-order valence-corrected chi connectivity index (χ3v) is 7.02. The number of nitrogens with zero attached hydrogens (tertiary/aromatic N) is 1. The van der Waals surface area contributed by atoms with E-state index in [0.717, 1.165) is 17.5 Å². The highest BCUT2D eigenvalue weighted by atomic mass is 32.2. The Balaban J connectivity index is 1.69. The molecule has 1 aliphatic heterocycles. The van der Waals surface area contributed by atoms with Gasteiger partial charge in [-0.2, -0.15) is 0 Å². The number of ether oxygens (including phenoxy) is 1. The average molecular weight is 460 g/mol. The number of nitrogens with one attached hydrogen (secondary N) is 2. The lowest BCUT2D eigenvalue weighted by atomic mass is 9.90. The third kappa shape index (κ3) is 5.73. The summed E-state index contributed by atoms with van der Waals surface area (Å²) >= 11 is 0. The van der Waals surface area contributed by atoms with Crippen LogP contribution in [0.4, 0.5) is 5.69 Å². The molecule has 2 atom stereocenters. The monoisotopic (exact) mass is 459 g/mol. The van der Waals surface area contributed by atoms with Crippen LogP contribution in [0.25, 0.3) is 0 Å². The number of amides is 2. The van der Waals surface area contributed by atoms with Crippen molar-refractivity contribution in [2.24, 2.45) is 0 Å². The average Bonchev–Trinajstić information content (AvgIpc) is 2.74. The number of benzene rings is 2. The molecule has 2 N–H and O–H groups in total. The van der Waals surface area contributed by atoms with E-state index in [4.69, 9.17) is 4.74 Å². The van der Waals surface area contributed by atoms with Crippen LogP contribution >= 0.6 is 0 Å². The molecule has 2 aromatic carbocycles. The maximum absolute atomic E-state index is 12.8. The summed E-state index contributed by atoms with van der Waals surface area (Å²) in [5, 5.41) is 2.81. The summed E-state index contributed by atoms with van der Waals surface area (Å²) in [5.74, 6) is -0.317. The first-order valence-electron chi connectivity index (χ1n) is 10.5. The zero-order chi connectivity index (χ0) is 23.3. The first-order chi connectivity index (χ1) is 15.2. The molecule has 172 valence electrons. The van der Waals surface area contributed by atoms with Crippen LogP contribution in [0.2, 0.25) is 0 Å². The van der Waals surface area contributed by atoms with E-state index in [9.17, 15) is 18.0 Å². The van der Waals surface area contributed by atoms with Gasteiger partial charge in [-0.05, 0) is 48.7 Å². The molecule has 0 aliphatic carbocycles. The van der Waals surface area contributed by atoms with Crippen molar-refractivity contribution in [3.05, 3.63) is 59.7 Å². The molecule has 0 saturated carbocycles. The number of carbonyl (C=O) groups is 2. The Hall–Kier alpha value is -2.75. The maximum atomic E-state index is 12.8. The highest BCUT2D eigenvalue weighted by molar-refractivity contribution is 7.89. The van der Waals surface area contributed by atoms with Crippen molar-refractivity contribution in [3.8, 4) is 0 Å². The fourth-order valence-corrected chi connectivity index (χ4v) is 5.20. The molecular weight excluding hydrogens is 430 g/mol. The number of hydrogen-bond donors (Lipinski definition) is 2. The Morgan fingerprint density at radius 3 is 2.50 bits per heavy atom. The number of sulfonamides is 1. The predicted octanol–water partition coefficient (Wildman–Crippen LogP) is 2.47. The number of methoxy groups -OCH3 is 1. The van der Waals surface area contributed by atoms with Crippen LogP contribution in [0.5, 0.6) is 0 Å². The Labute approximate surface area is 189 Å². The molecule has 9 heteroatoms. The molecule has 2 amide bonds. The van der Waals surface area contributed by atoms with Gasteiger partial charge in [-0.3, -0.25) is 9.59 Å². The van der Waals surface area contributed by atoms with Crippen molar-refractivity contribution in [2.45, 2.75) is 43.7 Å². The SMILES string of the molecule is COCC(C)NS(=O)(=O)c1ccc(NC(=O)CC2c3ccccc3CCN2C(C)=O)cc1.